The molecule has 1 N–H and O–H groups in total. The van der Waals surface area contributed by atoms with Crippen molar-refractivity contribution in [2.24, 2.45) is 5.41 Å². The number of piperidine rings is 1. The van der Waals surface area contributed by atoms with E-state index in [1.165, 1.54) is 11.3 Å². The Kier molecular flexibility index (Phi) is 3.64. The third-order valence-electron chi connectivity index (χ3n) is 7.19. The van der Waals surface area contributed by atoms with Crippen molar-refractivity contribution < 1.29 is 14.6 Å². The predicted molar refractivity (Wildman–Crippen MR) is 103 cm³/mol. The summed E-state index contributed by atoms with van der Waals surface area (Å²) in [4.78, 5) is 17.5. The molecule has 0 radical (unpaired) electrons. The molecule has 3 atom stereocenters. The van der Waals surface area contributed by atoms with Gasteiger partial charge in [-0.3, -0.25) is 0 Å². The van der Waals surface area contributed by atoms with Gasteiger partial charge in [0.1, 0.15) is 0 Å². The molecule has 4 aliphatic rings. The van der Waals surface area contributed by atoms with E-state index >= 15 is 0 Å². The zero-order valence-electron chi connectivity index (χ0n) is 16.2. The van der Waals surface area contributed by atoms with Crippen molar-refractivity contribution in [3.8, 4) is 0 Å². The second-order valence-corrected chi connectivity index (χ2v) is 8.41. The summed E-state index contributed by atoms with van der Waals surface area (Å²) in [6, 6.07) is 8.25. The molecule has 1 fully saturated rings. The van der Waals surface area contributed by atoms with E-state index in [-0.39, 0.29) is 17.9 Å². The maximum atomic E-state index is 13.1. The molecule has 0 aliphatic carbocycles. The van der Waals surface area contributed by atoms with Gasteiger partial charge in [0.05, 0.1) is 6.61 Å². The molecule has 1 aromatic carbocycles. The van der Waals surface area contributed by atoms with Gasteiger partial charge in [-0.05, 0) is 44.2 Å². The molecule has 0 spiro atoms. The first-order valence-corrected chi connectivity index (χ1v) is 10.3. The fourth-order valence-electron chi connectivity index (χ4n) is 6.10. The smallest absolute Gasteiger partial charge is 0.360 e. The minimum absolute atomic E-state index is 0.147. The number of rotatable bonds is 3. The first kappa shape index (κ1) is 17.1. The maximum Gasteiger partial charge on any atom is 0.360 e. The molecular weight excluding hydrogens is 340 g/mol. The topological polar surface area (TPSA) is 53.0 Å². The van der Waals surface area contributed by atoms with Crippen molar-refractivity contribution in [2.45, 2.75) is 57.6 Å². The summed E-state index contributed by atoms with van der Waals surface area (Å²) in [6.07, 6.45) is 4.51. The molecule has 144 valence electrons. The third kappa shape index (κ3) is 2.06. The number of carbonyl (C=O) groups is 1. The molecule has 0 saturated carbocycles. The third-order valence-corrected chi connectivity index (χ3v) is 7.19. The summed E-state index contributed by atoms with van der Waals surface area (Å²) in [5.74, 6) is -0.250. The van der Waals surface area contributed by atoms with E-state index in [1.807, 2.05) is 17.0 Å². The standard InChI is InChI=1S/C22H28N2O3/c1-3-21-11-7-12-23-13-10-16-15-8-5-6-9-17(15)24(18(16)19(21)23)22(26,14-21)20(25)27-4-2/h5-6,8-9,16,26H,3-4,7,10-14H2,1-2H3. The van der Waals surface area contributed by atoms with Gasteiger partial charge >= 0.3 is 5.97 Å². The van der Waals surface area contributed by atoms with Crippen molar-refractivity contribution in [3.05, 3.63) is 41.2 Å². The minimum atomic E-state index is -1.63. The number of aliphatic hydroxyl groups is 1. The van der Waals surface area contributed by atoms with Gasteiger partial charge < -0.3 is 19.6 Å². The molecule has 0 amide bonds. The van der Waals surface area contributed by atoms with Crippen LogP contribution in [0.3, 0.4) is 0 Å². The van der Waals surface area contributed by atoms with Crippen molar-refractivity contribution in [3.63, 3.8) is 0 Å². The summed E-state index contributed by atoms with van der Waals surface area (Å²) in [7, 11) is 0. The average Bonchev–Trinajstić information content (AvgIpc) is 3.03. The highest BCUT2D eigenvalue weighted by molar-refractivity contribution is 5.88. The largest absolute Gasteiger partial charge is 0.462 e. The first-order chi connectivity index (χ1) is 13.1. The Morgan fingerprint density at radius 2 is 2.11 bits per heavy atom. The minimum Gasteiger partial charge on any atom is -0.462 e. The second kappa shape index (κ2) is 5.74. The molecule has 5 heteroatoms. The number of anilines is 1. The molecule has 4 heterocycles. The van der Waals surface area contributed by atoms with Crippen molar-refractivity contribution in [2.75, 3.05) is 24.6 Å². The van der Waals surface area contributed by atoms with Crippen LogP contribution in [0.25, 0.3) is 0 Å². The Balaban J connectivity index is 1.79. The Morgan fingerprint density at radius 3 is 2.89 bits per heavy atom. The zero-order chi connectivity index (χ0) is 18.8. The number of fused-ring (bicyclic) bond motifs is 3. The number of hydrogen-bond acceptors (Lipinski definition) is 5. The second-order valence-electron chi connectivity index (χ2n) is 8.41. The van der Waals surface area contributed by atoms with E-state index < -0.39 is 11.7 Å². The number of carbonyl (C=O) groups excluding carboxylic acids is 1. The molecule has 0 bridgehead atoms. The molecule has 1 aromatic rings. The van der Waals surface area contributed by atoms with E-state index in [2.05, 4.69) is 24.0 Å². The van der Waals surface area contributed by atoms with Crippen LogP contribution in [-0.2, 0) is 9.53 Å². The highest BCUT2D eigenvalue weighted by atomic mass is 16.6. The van der Waals surface area contributed by atoms with Crippen LogP contribution in [-0.4, -0.2) is 41.4 Å². The molecule has 1 saturated heterocycles. The van der Waals surface area contributed by atoms with Gasteiger partial charge in [0, 0.05) is 47.9 Å². The van der Waals surface area contributed by atoms with Gasteiger partial charge in [-0.15, -0.1) is 0 Å². The lowest BCUT2D eigenvalue weighted by atomic mass is 9.64. The van der Waals surface area contributed by atoms with Gasteiger partial charge in [0.25, 0.3) is 0 Å². The number of hydrogen-bond donors (Lipinski definition) is 1. The van der Waals surface area contributed by atoms with E-state index in [0.29, 0.717) is 6.42 Å². The number of esters is 1. The lowest BCUT2D eigenvalue weighted by molar-refractivity contribution is -0.170. The fraction of sp³-hybridized carbons (Fsp3) is 0.591. The quantitative estimate of drug-likeness (QED) is 0.829. The van der Waals surface area contributed by atoms with Gasteiger partial charge in [-0.1, -0.05) is 25.1 Å². The normalized spacial score (nSPS) is 33.7. The summed E-state index contributed by atoms with van der Waals surface area (Å²) in [6.45, 7) is 6.41. The monoisotopic (exact) mass is 368 g/mol. The Hall–Kier alpha value is -2.01. The SMILES string of the molecule is CCOC(=O)C1(O)CC2(CC)CCCN3CCC4C(=C32)N1c1ccccc14. The number of benzene rings is 1. The van der Waals surface area contributed by atoms with E-state index in [1.54, 1.807) is 6.92 Å². The average molecular weight is 368 g/mol. The first-order valence-electron chi connectivity index (χ1n) is 10.3. The number of nitrogens with zero attached hydrogens (tertiary/aromatic N) is 2. The molecule has 3 unspecified atom stereocenters. The van der Waals surface area contributed by atoms with Gasteiger partial charge in [-0.2, -0.15) is 0 Å². The number of allylic oxidation sites excluding steroid dienone is 2. The van der Waals surface area contributed by atoms with E-state index in [0.717, 1.165) is 50.2 Å². The molecule has 0 aromatic heterocycles. The Labute approximate surface area is 160 Å². The number of para-hydroxylation sites is 1. The molecule has 4 aliphatic heterocycles. The summed E-state index contributed by atoms with van der Waals surface area (Å²) in [5.41, 5.74) is 2.98. The fourth-order valence-corrected chi connectivity index (χ4v) is 6.10. The van der Waals surface area contributed by atoms with E-state index in [9.17, 15) is 9.90 Å². The molecule has 27 heavy (non-hydrogen) atoms. The summed E-state index contributed by atoms with van der Waals surface area (Å²) in [5, 5.41) is 11.8. The van der Waals surface area contributed by atoms with Crippen molar-refractivity contribution >= 4 is 11.7 Å². The summed E-state index contributed by atoms with van der Waals surface area (Å²) >= 11 is 0. The van der Waals surface area contributed by atoms with Crippen LogP contribution >= 0.6 is 0 Å². The summed E-state index contributed by atoms with van der Waals surface area (Å²) < 4.78 is 5.39. The lowest BCUT2D eigenvalue weighted by Gasteiger charge is -2.57. The van der Waals surface area contributed by atoms with Gasteiger partial charge in [0.15, 0.2) is 0 Å². The van der Waals surface area contributed by atoms with Crippen LogP contribution in [0.2, 0.25) is 0 Å². The maximum absolute atomic E-state index is 13.1. The van der Waals surface area contributed by atoms with Crippen LogP contribution in [0.15, 0.2) is 35.7 Å². The number of ether oxygens (including phenoxy) is 1. The van der Waals surface area contributed by atoms with Crippen molar-refractivity contribution in [1.29, 1.82) is 0 Å². The molecular formula is C22H28N2O3. The van der Waals surface area contributed by atoms with Crippen LogP contribution in [0.5, 0.6) is 0 Å². The lowest BCUT2D eigenvalue weighted by Crippen LogP contribution is -2.64. The highest BCUT2D eigenvalue weighted by Gasteiger charge is 2.62. The van der Waals surface area contributed by atoms with Crippen LogP contribution in [0, 0.1) is 5.41 Å². The molecule has 5 rings (SSSR count). The van der Waals surface area contributed by atoms with Gasteiger partial charge in [-0.25, -0.2) is 4.79 Å². The van der Waals surface area contributed by atoms with Gasteiger partial charge in [0.2, 0.25) is 5.72 Å². The van der Waals surface area contributed by atoms with Crippen molar-refractivity contribution in [1.82, 2.24) is 4.90 Å². The van der Waals surface area contributed by atoms with Crippen LogP contribution in [0.4, 0.5) is 5.69 Å². The predicted octanol–water partition coefficient (Wildman–Crippen LogP) is 3.35. The molecule has 5 nitrogen and oxygen atoms in total. The Morgan fingerprint density at radius 1 is 1.30 bits per heavy atom. The zero-order valence-corrected chi connectivity index (χ0v) is 16.2. The highest BCUT2D eigenvalue weighted by Crippen LogP contribution is 2.62. The van der Waals surface area contributed by atoms with Crippen LogP contribution in [0.1, 0.15) is 57.4 Å². The Bertz CT molecular complexity index is 835. The van der Waals surface area contributed by atoms with E-state index in [4.69, 9.17) is 4.74 Å². The van der Waals surface area contributed by atoms with Crippen LogP contribution < -0.4 is 4.90 Å².